The van der Waals surface area contributed by atoms with E-state index in [-0.39, 0.29) is 18.0 Å². The number of hydrogen-bond donors (Lipinski definition) is 1. The fourth-order valence-electron chi connectivity index (χ4n) is 1.05. The summed E-state index contributed by atoms with van der Waals surface area (Å²) in [6.45, 7) is 4.95. The molecular weight excluding hydrogens is 155 g/mol. The third-order valence-corrected chi connectivity index (χ3v) is 1.66. The lowest BCUT2D eigenvalue weighted by molar-refractivity contribution is 0.470. The highest BCUT2D eigenvalue weighted by Gasteiger charge is 1.99. The van der Waals surface area contributed by atoms with Gasteiger partial charge in [-0.15, -0.1) is 0 Å². The van der Waals surface area contributed by atoms with E-state index in [1.807, 2.05) is 0 Å². The minimum Gasteiger partial charge on any atom is -0.508 e. The van der Waals surface area contributed by atoms with Gasteiger partial charge in [-0.3, -0.25) is 0 Å². The lowest BCUT2D eigenvalue weighted by Gasteiger charge is -2.01. The van der Waals surface area contributed by atoms with E-state index >= 15 is 0 Å². The van der Waals surface area contributed by atoms with Gasteiger partial charge in [0.05, 0.1) is 5.83 Å². The molecule has 0 atom stereocenters. The summed E-state index contributed by atoms with van der Waals surface area (Å²) in [6, 6.07) is 5.00. The predicted octanol–water partition coefficient (Wildman–Crippen LogP) is 2.73. The van der Waals surface area contributed by atoms with Crippen molar-refractivity contribution in [2.24, 2.45) is 0 Å². The van der Waals surface area contributed by atoms with Crippen LogP contribution in [0.2, 0.25) is 0 Å². The average Bonchev–Trinajstić information content (AvgIpc) is 1.96. The summed E-state index contributed by atoms with van der Waals surface area (Å²) in [7, 11) is 0. The van der Waals surface area contributed by atoms with Crippen LogP contribution in [0.3, 0.4) is 0 Å². The van der Waals surface area contributed by atoms with Crippen LogP contribution in [0.1, 0.15) is 11.1 Å². The molecule has 12 heavy (non-hydrogen) atoms. The van der Waals surface area contributed by atoms with Crippen LogP contribution in [0, 0.1) is 6.92 Å². The Morgan fingerprint density at radius 2 is 2.25 bits per heavy atom. The lowest BCUT2D eigenvalue weighted by atomic mass is 10.1. The molecule has 2 heteroatoms. The Hall–Kier alpha value is -1.31. The highest BCUT2D eigenvalue weighted by molar-refractivity contribution is 5.35. The van der Waals surface area contributed by atoms with Gasteiger partial charge in [0.2, 0.25) is 0 Å². The predicted molar refractivity (Wildman–Crippen MR) is 46.8 cm³/mol. The quantitative estimate of drug-likeness (QED) is 0.716. The maximum Gasteiger partial charge on any atom is 0.118 e. The van der Waals surface area contributed by atoms with Crippen LogP contribution in [0.15, 0.2) is 30.6 Å². The second kappa shape index (κ2) is 3.39. The smallest absolute Gasteiger partial charge is 0.118 e. The molecular formula is C10H11FO. The van der Waals surface area contributed by atoms with Crippen LogP contribution in [0.25, 0.3) is 0 Å². The Bertz CT molecular complexity index is 305. The van der Waals surface area contributed by atoms with E-state index in [1.165, 1.54) is 0 Å². The van der Waals surface area contributed by atoms with Gasteiger partial charge in [-0.1, -0.05) is 18.7 Å². The van der Waals surface area contributed by atoms with Gasteiger partial charge in [0, 0.05) is 6.42 Å². The van der Waals surface area contributed by atoms with Gasteiger partial charge in [0.25, 0.3) is 0 Å². The van der Waals surface area contributed by atoms with Crippen LogP contribution in [0.4, 0.5) is 4.39 Å². The number of benzene rings is 1. The normalized spacial score (nSPS) is 9.83. The SMILES string of the molecule is C=C(F)Cc1ccc(O)c(C)c1. The molecule has 1 N–H and O–H groups in total. The third kappa shape index (κ3) is 2.09. The molecule has 0 fully saturated rings. The zero-order valence-corrected chi connectivity index (χ0v) is 6.97. The molecule has 0 radical (unpaired) electrons. The first-order valence-electron chi connectivity index (χ1n) is 3.71. The second-order valence-electron chi connectivity index (χ2n) is 2.81. The number of aromatic hydroxyl groups is 1. The third-order valence-electron chi connectivity index (χ3n) is 1.66. The van der Waals surface area contributed by atoms with Gasteiger partial charge >= 0.3 is 0 Å². The van der Waals surface area contributed by atoms with Crippen molar-refractivity contribution in [3.05, 3.63) is 41.7 Å². The maximum absolute atomic E-state index is 12.4. The minimum atomic E-state index is -0.361. The van der Waals surface area contributed by atoms with Crippen LogP contribution in [0.5, 0.6) is 5.75 Å². The molecule has 0 aliphatic heterocycles. The van der Waals surface area contributed by atoms with Crippen LogP contribution >= 0.6 is 0 Å². The van der Waals surface area contributed by atoms with Crippen molar-refractivity contribution in [1.82, 2.24) is 0 Å². The highest BCUT2D eigenvalue weighted by atomic mass is 19.1. The minimum absolute atomic E-state index is 0.223. The molecule has 64 valence electrons. The highest BCUT2D eigenvalue weighted by Crippen LogP contribution is 2.18. The van der Waals surface area contributed by atoms with E-state index in [2.05, 4.69) is 6.58 Å². The summed E-state index contributed by atoms with van der Waals surface area (Å²) >= 11 is 0. The monoisotopic (exact) mass is 166 g/mol. The Morgan fingerprint density at radius 3 is 2.75 bits per heavy atom. The van der Waals surface area contributed by atoms with E-state index in [9.17, 15) is 4.39 Å². The summed E-state index contributed by atoms with van der Waals surface area (Å²) in [5.41, 5.74) is 1.59. The standard InChI is InChI=1S/C10H11FO/c1-7-5-9(6-8(2)11)3-4-10(7)12/h3-5,12H,2,6H2,1H3. The maximum atomic E-state index is 12.4. The average molecular weight is 166 g/mol. The van der Waals surface area contributed by atoms with E-state index in [4.69, 9.17) is 5.11 Å². The molecule has 0 aliphatic rings. The van der Waals surface area contributed by atoms with Gasteiger partial charge < -0.3 is 5.11 Å². The molecule has 0 bridgehead atoms. The molecule has 0 amide bonds. The van der Waals surface area contributed by atoms with E-state index in [1.54, 1.807) is 25.1 Å². The Labute approximate surface area is 71.2 Å². The molecule has 0 aliphatic carbocycles. The lowest BCUT2D eigenvalue weighted by Crippen LogP contribution is -1.85. The number of rotatable bonds is 2. The molecule has 0 aromatic heterocycles. The van der Waals surface area contributed by atoms with Gasteiger partial charge in [0.1, 0.15) is 5.75 Å². The Balaban J connectivity index is 2.89. The molecule has 0 saturated carbocycles. The van der Waals surface area contributed by atoms with E-state index in [0.29, 0.717) is 0 Å². The number of phenols is 1. The van der Waals surface area contributed by atoms with E-state index < -0.39 is 0 Å². The van der Waals surface area contributed by atoms with Gasteiger partial charge in [0.15, 0.2) is 0 Å². The number of phenolic OH excluding ortho intramolecular Hbond substituents is 1. The van der Waals surface area contributed by atoms with Crippen molar-refractivity contribution < 1.29 is 9.50 Å². The Morgan fingerprint density at radius 1 is 1.58 bits per heavy atom. The molecule has 0 unspecified atom stereocenters. The number of aryl methyl sites for hydroxylation is 1. The Kier molecular flexibility index (Phi) is 2.48. The summed E-state index contributed by atoms with van der Waals surface area (Å²) < 4.78 is 12.4. The van der Waals surface area contributed by atoms with Crippen molar-refractivity contribution in [3.63, 3.8) is 0 Å². The number of allylic oxidation sites excluding steroid dienone is 1. The first-order valence-corrected chi connectivity index (χ1v) is 3.71. The molecule has 1 nitrogen and oxygen atoms in total. The van der Waals surface area contributed by atoms with E-state index in [0.717, 1.165) is 11.1 Å². The topological polar surface area (TPSA) is 20.2 Å². The molecule has 0 saturated heterocycles. The molecule has 1 aromatic carbocycles. The second-order valence-corrected chi connectivity index (χ2v) is 2.81. The van der Waals surface area contributed by atoms with Crippen LogP contribution in [-0.4, -0.2) is 5.11 Å². The molecule has 1 rings (SSSR count). The molecule has 0 spiro atoms. The largest absolute Gasteiger partial charge is 0.508 e. The zero-order chi connectivity index (χ0) is 9.14. The van der Waals surface area contributed by atoms with Crippen molar-refractivity contribution in [2.75, 3.05) is 0 Å². The number of hydrogen-bond acceptors (Lipinski definition) is 1. The fourth-order valence-corrected chi connectivity index (χ4v) is 1.05. The zero-order valence-electron chi connectivity index (χ0n) is 6.97. The van der Waals surface area contributed by atoms with Gasteiger partial charge in [-0.05, 0) is 24.1 Å². The van der Waals surface area contributed by atoms with Crippen molar-refractivity contribution >= 4 is 0 Å². The van der Waals surface area contributed by atoms with Gasteiger partial charge in [-0.2, -0.15) is 0 Å². The molecule has 1 aromatic rings. The fraction of sp³-hybridized carbons (Fsp3) is 0.200. The first-order chi connectivity index (χ1) is 5.59. The summed E-state index contributed by atoms with van der Waals surface area (Å²) in [6.07, 6.45) is 0.223. The van der Waals surface area contributed by atoms with Gasteiger partial charge in [-0.25, -0.2) is 4.39 Å². The van der Waals surface area contributed by atoms with Crippen molar-refractivity contribution in [2.45, 2.75) is 13.3 Å². The molecule has 0 heterocycles. The van der Waals surface area contributed by atoms with Crippen LogP contribution in [-0.2, 0) is 6.42 Å². The summed E-state index contributed by atoms with van der Waals surface area (Å²) in [5, 5.41) is 9.16. The van der Waals surface area contributed by atoms with Crippen molar-refractivity contribution in [1.29, 1.82) is 0 Å². The van der Waals surface area contributed by atoms with Crippen LogP contribution < -0.4 is 0 Å². The first kappa shape index (κ1) is 8.78. The van der Waals surface area contributed by atoms with Crippen molar-refractivity contribution in [3.8, 4) is 5.75 Å². The summed E-state index contributed by atoms with van der Waals surface area (Å²) in [5.74, 6) is -0.122. The summed E-state index contributed by atoms with van der Waals surface area (Å²) in [4.78, 5) is 0. The number of halogens is 1.